The monoisotopic (exact) mass is 165 g/mol. The summed E-state index contributed by atoms with van der Waals surface area (Å²) in [6.07, 6.45) is 0. The summed E-state index contributed by atoms with van der Waals surface area (Å²) in [6.45, 7) is 4.31. The Kier molecular flexibility index (Phi) is 1.80. The van der Waals surface area contributed by atoms with Crippen LogP contribution in [0, 0.1) is 0 Å². The molecule has 0 amide bonds. The molecule has 1 N–H and O–H groups in total. The van der Waals surface area contributed by atoms with Crippen molar-refractivity contribution >= 4 is 16.9 Å². The van der Waals surface area contributed by atoms with E-state index >= 15 is 0 Å². The minimum absolute atomic E-state index is 1.04. The molecule has 1 aromatic heterocycles. The first-order valence-corrected chi connectivity index (χ1v) is 4.74. The van der Waals surface area contributed by atoms with Gasteiger partial charge in [0.15, 0.2) is 0 Å². The molecule has 0 aliphatic carbocycles. The lowest BCUT2D eigenvalue weighted by atomic mass is 10.1. The summed E-state index contributed by atoms with van der Waals surface area (Å²) in [5.74, 6) is 0. The third-order valence-corrected chi connectivity index (χ3v) is 2.76. The number of thiophene rings is 1. The van der Waals surface area contributed by atoms with Crippen LogP contribution in [-0.2, 0) is 0 Å². The van der Waals surface area contributed by atoms with Crippen LogP contribution in [0.5, 0.6) is 0 Å². The second-order valence-corrected chi connectivity index (χ2v) is 3.65. The van der Waals surface area contributed by atoms with Crippen molar-refractivity contribution in [2.75, 3.05) is 13.1 Å². The Morgan fingerprint density at radius 2 is 2.36 bits per heavy atom. The maximum atomic E-state index is 3.34. The van der Waals surface area contributed by atoms with E-state index in [0.717, 1.165) is 13.1 Å². The highest BCUT2D eigenvalue weighted by Crippen LogP contribution is 2.23. The van der Waals surface area contributed by atoms with Gasteiger partial charge in [-0.25, -0.2) is 0 Å². The third kappa shape index (κ3) is 1.24. The van der Waals surface area contributed by atoms with E-state index in [9.17, 15) is 0 Å². The molecule has 0 unspecified atom stereocenters. The molecule has 0 saturated heterocycles. The van der Waals surface area contributed by atoms with E-state index in [1.807, 2.05) is 0 Å². The zero-order valence-corrected chi connectivity index (χ0v) is 7.37. The van der Waals surface area contributed by atoms with E-state index in [1.54, 1.807) is 11.3 Å². The molecule has 1 aromatic rings. The van der Waals surface area contributed by atoms with Crippen LogP contribution in [0.3, 0.4) is 0 Å². The molecule has 0 bridgehead atoms. The van der Waals surface area contributed by atoms with Crippen LogP contribution >= 0.6 is 11.3 Å². The summed E-state index contributed by atoms with van der Waals surface area (Å²) >= 11 is 1.77. The fourth-order valence-corrected chi connectivity index (χ4v) is 2.09. The minimum atomic E-state index is 1.04. The Balaban J connectivity index is 2.36. The SMILES string of the molecule is CC1=C(c2ccsc2)CNC1. The van der Waals surface area contributed by atoms with Crippen molar-refractivity contribution in [3.63, 3.8) is 0 Å². The molecular weight excluding hydrogens is 154 g/mol. The summed E-state index contributed by atoms with van der Waals surface area (Å²) in [7, 11) is 0. The van der Waals surface area contributed by atoms with Gasteiger partial charge in [0.05, 0.1) is 0 Å². The summed E-state index contributed by atoms with van der Waals surface area (Å²) in [5, 5.41) is 7.69. The molecule has 0 radical (unpaired) electrons. The average Bonchev–Trinajstić information content (AvgIpc) is 2.55. The van der Waals surface area contributed by atoms with Crippen LogP contribution in [0.25, 0.3) is 5.57 Å². The molecule has 2 rings (SSSR count). The van der Waals surface area contributed by atoms with Crippen molar-refractivity contribution in [1.29, 1.82) is 0 Å². The van der Waals surface area contributed by atoms with Crippen LogP contribution < -0.4 is 5.32 Å². The Morgan fingerprint density at radius 1 is 1.45 bits per heavy atom. The van der Waals surface area contributed by atoms with E-state index in [0.29, 0.717) is 0 Å². The van der Waals surface area contributed by atoms with Gasteiger partial charge >= 0.3 is 0 Å². The molecule has 0 spiro atoms. The Morgan fingerprint density at radius 3 is 2.91 bits per heavy atom. The Bertz CT molecular complexity index is 272. The second kappa shape index (κ2) is 2.80. The Hall–Kier alpha value is -0.600. The standard InChI is InChI=1S/C9H11NS/c1-7-4-10-5-9(7)8-2-3-11-6-8/h2-3,6,10H,4-5H2,1H3. The highest BCUT2D eigenvalue weighted by atomic mass is 32.1. The van der Waals surface area contributed by atoms with Crippen LogP contribution in [0.1, 0.15) is 12.5 Å². The van der Waals surface area contributed by atoms with Crippen LogP contribution in [-0.4, -0.2) is 13.1 Å². The average molecular weight is 165 g/mol. The Labute approximate surface area is 70.8 Å². The molecule has 0 saturated carbocycles. The quantitative estimate of drug-likeness (QED) is 0.672. The third-order valence-electron chi connectivity index (χ3n) is 2.08. The number of hydrogen-bond acceptors (Lipinski definition) is 2. The fraction of sp³-hybridized carbons (Fsp3) is 0.333. The normalized spacial score (nSPS) is 17.9. The van der Waals surface area contributed by atoms with E-state index in [-0.39, 0.29) is 0 Å². The predicted molar refractivity (Wildman–Crippen MR) is 49.8 cm³/mol. The van der Waals surface area contributed by atoms with Gasteiger partial charge < -0.3 is 5.32 Å². The fourth-order valence-electron chi connectivity index (χ4n) is 1.42. The molecule has 0 atom stereocenters. The maximum absolute atomic E-state index is 3.34. The molecule has 1 aliphatic rings. The largest absolute Gasteiger partial charge is 0.309 e. The van der Waals surface area contributed by atoms with E-state index in [4.69, 9.17) is 0 Å². The van der Waals surface area contributed by atoms with Crippen molar-refractivity contribution in [3.05, 3.63) is 28.0 Å². The van der Waals surface area contributed by atoms with Gasteiger partial charge in [0.2, 0.25) is 0 Å². The molecule has 2 heteroatoms. The lowest BCUT2D eigenvalue weighted by Crippen LogP contribution is -2.08. The van der Waals surface area contributed by atoms with Crippen molar-refractivity contribution in [2.24, 2.45) is 0 Å². The number of rotatable bonds is 1. The van der Waals surface area contributed by atoms with Gasteiger partial charge in [-0.2, -0.15) is 11.3 Å². The molecule has 0 aromatic carbocycles. The molecule has 58 valence electrons. The zero-order chi connectivity index (χ0) is 7.68. The lowest BCUT2D eigenvalue weighted by molar-refractivity contribution is 0.878. The predicted octanol–water partition coefficient (Wildman–Crippen LogP) is 2.12. The molecule has 2 heterocycles. The molecule has 1 aliphatic heterocycles. The van der Waals surface area contributed by atoms with E-state index in [2.05, 4.69) is 29.1 Å². The molecule has 11 heavy (non-hydrogen) atoms. The first-order valence-electron chi connectivity index (χ1n) is 3.80. The van der Waals surface area contributed by atoms with Gasteiger partial charge in [0.25, 0.3) is 0 Å². The van der Waals surface area contributed by atoms with Crippen molar-refractivity contribution in [3.8, 4) is 0 Å². The van der Waals surface area contributed by atoms with Gasteiger partial charge in [-0.15, -0.1) is 0 Å². The molecule has 1 nitrogen and oxygen atoms in total. The van der Waals surface area contributed by atoms with Crippen LogP contribution in [0.15, 0.2) is 22.4 Å². The summed E-state index contributed by atoms with van der Waals surface area (Å²) in [5.41, 5.74) is 4.38. The van der Waals surface area contributed by atoms with Gasteiger partial charge in [0.1, 0.15) is 0 Å². The summed E-state index contributed by atoms with van der Waals surface area (Å²) in [4.78, 5) is 0. The van der Waals surface area contributed by atoms with Crippen LogP contribution in [0.2, 0.25) is 0 Å². The smallest absolute Gasteiger partial charge is 0.0214 e. The van der Waals surface area contributed by atoms with E-state index < -0.39 is 0 Å². The van der Waals surface area contributed by atoms with Gasteiger partial charge in [-0.3, -0.25) is 0 Å². The van der Waals surface area contributed by atoms with E-state index in [1.165, 1.54) is 16.7 Å². The van der Waals surface area contributed by atoms with Gasteiger partial charge in [-0.1, -0.05) is 5.57 Å². The van der Waals surface area contributed by atoms with Crippen molar-refractivity contribution in [1.82, 2.24) is 5.32 Å². The molecular formula is C9H11NS. The van der Waals surface area contributed by atoms with Crippen LogP contribution in [0.4, 0.5) is 0 Å². The summed E-state index contributed by atoms with van der Waals surface area (Å²) in [6, 6.07) is 2.19. The van der Waals surface area contributed by atoms with Crippen molar-refractivity contribution in [2.45, 2.75) is 6.92 Å². The molecule has 0 fully saturated rings. The number of hydrogen-bond donors (Lipinski definition) is 1. The topological polar surface area (TPSA) is 12.0 Å². The van der Waals surface area contributed by atoms with Gasteiger partial charge in [0, 0.05) is 13.1 Å². The maximum Gasteiger partial charge on any atom is 0.0214 e. The highest BCUT2D eigenvalue weighted by molar-refractivity contribution is 7.08. The van der Waals surface area contributed by atoms with Gasteiger partial charge in [-0.05, 0) is 34.9 Å². The highest BCUT2D eigenvalue weighted by Gasteiger charge is 2.11. The first-order chi connectivity index (χ1) is 5.38. The minimum Gasteiger partial charge on any atom is -0.309 e. The number of nitrogens with one attached hydrogen (secondary N) is 1. The van der Waals surface area contributed by atoms with Crippen molar-refractivity contribution < 1.29 is 0 Å². The zero-order valence-electron chi connectivity index (χ0n) is 6.55. The first kappa shape index (κ1) is 7.07. The summed E-state index contributed by atoms with van der Waals surface area (Å²) < 4.78 is 0. The second-order valence-electron chi connectivity index (χ2n) is 2.87. The lowest BCUT2D eigenvalue weighted by Gasteiger charge is -1.97.